The number of fused-ring (bicyclic) bond motifs is 1. The fraction of sp³-hybridized carbons (Fsp3) is 0.222. The van der Waals surface area contributed by atoms with Crippen LogP contribution in [0.15, 0.2) is 18.2 Å². The Kier molecular flexibility index (Phi) is 1.29. The van der Waals surface area contributed by atoms with Crippen LogP contribution in [0.1, 0.15) is 10.4 Å². The quantitative estimate of drug-likeness (QED) is 0.616. The van der Waals surface area contributed by atoms with Gasteiger partial charge in [0.25, 0.3) is 0 Å². The molecule has 0 unspecified atom stereocenters. The van der Waals surface area contributed by atoms with Crippen molar-refractivity contribution in [3.8, 4) is 11.1 Å². The van der Waals surface area contributed by atoms with Crippen LogP contribution in [0.25, 0.3) is 11.1 Å². The molecule has 0 atom stereocenters. The molecule has 2 rings (SSSR count). The van der Waals surface area contributed by atoms with Gasteiger partial charge in [-0.2, -0.15) is 0 Å². The first-order chi connectivity index (χ1) is 5.33. The van der Waals surface area contributed by atoms with Crippen molar-refractivity contribution in [1.29, 1.82) is 0 Å². The molecule has 0 N–H and O–H groups in total. The van der Waals surface area contributed by atoms with Gasteiger partial charge in [0.2, 0.25) is 0 Å². The summed E-state index contributed by atoms with van der Waals surface area (Å²) in [6, 6.07) is 5.81. The number of hydrogen-bond acceptors (Lipinski definition) is 2. The maximum absolute atomic E-state index is 11.2. The minimum Gasteiger partial charge on any atom is -0.377 e. The summed E-state index contributed by atoms with van der Waals surface area (Å²) in [4.78, 5) is 11.2. The predicted octanol–water partition coefficient (Wildman–Crippen LogP) is 1.50. The average molecular weight is 148 g/mol. The van der Waals surface area contributed by atoms with Crippen molar-refractivity contribution in [3.05, 3.63) is 23.8 Å². The number of ketones is 1. The molecule has 0 radical (unpaired) electrons. The summed E-state index contributed by atoms with van der Waals surface area (Å²) in [7, 11) is 1.53. The monoisotopic (exact) mass is 148 g/mol. The van der Waals surface area contributed by atoms with Crippen LogP contribution >= 0.6 is 0 Å². The van der Waals surface area contributed by atoms with E-state index in [-0.39, 0.29) is 12.4 Å². The molecule has 0 saturated heterocycles. The van der Waals surface area contributed by atoms with Crippen molar-refractivity contribution >= 4 is 5.78 Å². The van der Waals surface area contributed by atoms with Gasteiger partial charge in [-0.15, -0.1) is 0 Å². The van der Waals surface area contributed by atoms with Crippen LogP contribution in [0.4, 0.5) is 0 Å². The summed E-state index contributed by atoms with van der Waals surface area (Å²) < 4.78 is 4.74. The first-order valence-corrected chi connectivity index (χ1v) is 3.49. The Morgan fingerprint density at radius 2 is 2.36 bits per heavy atom. The lowest BCUT2D eigenvalue weighted by atomic mass is 10.2. The third kappa shape index (κ3) is 0.955. The lowest BCUT2D eigenvalue weighted by molar-refractivity contribution is 0.0849. The number of carbonyl (C=O) groups is 1. The standard InChI is InChI=1S/C9H8O2/c1-11-5-9(10)7-3-2-6-4-8(6)7/h2-4H,5H2,1H3. The van der Waals surface area contributed by atoms with Crippen molar-refractivity contribution in [2.24, 2.45) is 0 Å². The van der Waals surface area contributed by atoms with E-state index in [4.69, 9.17) is 4.74 Å². The SMILES string of the molecule is COCC(=O)c1ccc2cc1-2. The first kappa shape index (κ1) is 6.55. The van der Waals surface area contributed by atoms with E-state index in [0.29, 0.717) is 0 Å². The summed E-state index contributed by atoms with van der Waals surface area (Å²) in [6.45, 7) is 0.185. The van der Waals surface area contributed by atoms with Crippen molar-refractivity contribution in [2.45, 2.75) is 0 Å². The summed E-state index contributed by atoms with van der Waals surface area (Å²) in [6.07, 6.45) is 0. The lowest BCUT2D eigenvalue weighted by Crippen LogP contribution is -2.05. The maximum atomic E-state index is 11.2. The second kappa shape index (κ2) is 2.17. The van der Waals surface area contributed by atoms with Gasteiger partial charge in [0, 0.05) is 12.7 Å². The number of hydrogen-bond donors (Lipinski definition) is 0. The Morgan fingerprint density at radius 3 is 2.82 bits per heavy atom. The molecule has 0 heterocycles. The third-order valence-corrected chi connectivity index (χ3v) is 1.82. The average Bonchev–Trinajstić information content (AvgIpc) is 2.63. The number of ether oxygens (including phenoxy) is 1. The van der Waals surface area contributed by atoms with Gasteiger partial charge in [-0.3, -0.25) is 4.79 Å². The van der Waals surface area contributed by atoms with E-state index >= 15 is 0 Å². The van der Waals surface area contributed by atoms with Gasteiger partial charge in [-0.05, 0) is 17.2 Å². The lowest BCUT2D eigenvalue weighted by Gasteiger charge is -1.94. The van der Waals surface area contributed by atoms with E-state index in [1.165, 1.54) is 12.7 Å². The highest BCUT2D eigenvalue weighted by Crippen LogP contribution is 2.38. The van der Waals surface area contributed by atoms with Crippen molar-refractivity contribution in [1.82, 2.24) is 0 Å². The van der Waals surface area contributed by atoms with E-state index in [9.17, 15) is 4.79 Å². The highest BCUT2D eigenvalue weighted by Gasteiger charge is 2.21. The van der Waals surface area contributed by atoms with Gasteiger partial charge in [0.15, 0.2) is 5.78 Å². The zero-order chi connectivity index (χ0) is 7.84. The van der Waals surface area contributed by atoms with Gasteiger partial charge in [0.1, 0.15) is 6.61 Å². The smallest absolute Gasteiger partial charge is 0.189 e. The number of rotatable bonds is 3. The number of carbonyl (C=O) groups excluding carboxylic acids is 1. The van der Waals surface area contributed by atoms with Crippen LogP contribution in [0.3, 0.4) is 0 Å². The van der Waals surface area contributed by atoms with E-state index in [2.05, 4.69) is 0 Å². The Hall–Kier alpha value is -1.15. The van der Waals surface area contributed by atoms with E-state index in [1.54, 1.807) is 0 Å². The first-order valence-electron chi connectivity index (χ1n) is 3.49. The number of methoxy groups -OCH3 is 1. The molecule has 56 valence electrons. The Balaban J connectivity index is 2.18. The number of Topliss-reactive ketones (excluding diaryl/α,β-unsaturated/α-hetero) is 1. The van der Waals surface area contributed by atoms with Crippen molar-refractivity contribution < 1.29 is 9.53 Å². The molecule has 0 saturated carbocycles. The largest absolute Gasteiger partial charge is 0.377 e. The molecule has 2 nitrogen and oxygen atoms in total. The minimum atomic E-state index is 0.0718. The third-order valence-electron chi connectivity index (χ3n) is 1.82. The van der Waals surface area contributed by atoms with Crippen LogP contribution in [0.5, 0.6) is 0 Å². The normalized spacial score (nSPS) is 11.4. The van der Waals surface area contributed by atoms with Crippen LogP contribution < -0.4 is 0 Å². The summed E-state index contributed by atoms with van der Waals surface area (Å²) in [5, 5.41) is 0. The van der Waals surface area contributed by atoms with Crippen molar-refractivity contribution in [2.75, 3.05) is 13.7 Å². The molecular weight excluding hydrogens is 140 g/mol. The van der Waals surface area contributed by atoms with Crippen molar-refractivity contribution in [3.63, 3.8) is 0 Å². The molecule has 11 heavy (non-hydrogen) atoms. The van der Waals surface area contributed by atoms with Crippen LogP contribution in [-0.2, 0) is 4.74 Å². The molecule has 0 spiro atoms. The minimum absolute atomic E-state index is 0.0718. The van der Waals surface area contributed by atoms with Crippen LogP contribution in [0.2, 0.25) is 0 Å². The molecule has 2 aliphatic carbocycles. The number of benzene rings is 1. The second-order valence-electron chi connectivity index (χ2n) is 2.62. The zero-order valence-corrected chi connectivity index (χ0v) is 6.26. The van der Waals surface area contributed by atoms with Gasteiger partial charge in [-0.25, -0.2) is 0 Å². The fourth-order valence-corrected chi connectivity index (χ4v) is 1.21. The van der Waals surface area contributed by atoms with E-state index in [1.807, 2.05) is 18.2 Å². The second-order valence-corrected chi connectivity index (χ2v) is 2.62. The van der Waals surface area contributed by atoms with E-state index < -0.39 is 0 Å². The molecule has 2 heteroatoms. The predicted molar refractivity (Wildman–Crippen MR) is 41.6 cm³/mol. The van der Waals surface area contributed by atoms with Gasteiger partial charge < -0.3 is 4.74 Å². The van der Waals surface area contributed by atoms with E-state index in [0.717, 1.165) is 11.1 Å². The van der Waals surface area contributed by atoms with Crippen LogP contribution in [-0.4, -0.2) is 19.5 Å². The molecule has 0 fully saturated rings. The molecule has 0 bridgehead atoms. The maximum Gasteiger partial charge on any atom is 0.189 e. The Morgan fingerprint density at radius 1 is 1.55 bits per heavy atom. The zero-order valence-electron chi connectivity index (χ0n) is 6.26. The van der Waals surface area contributed by atoms with Crippen LogP contribution in [0, 0.1) is 0 Å². The molecular formula is C9H8O2. The molecule has 2 aliphatic rings. The summed E-state index contributed by atoms with van der Waals surface area (Å²) in [5.74, 6) is 0.0718. The molecule has 0 amide bonds. The van der Waals surface area contributed by atoms with Gasteiger partial charge in [0.05, 0.1) is 0 Å². The summed E-state index contributed by atoms with van der Waals surface area (Å²) in [5.41, 5.74) is 3.11. The molecule has 0 aromatic heterocycles. The molecule has 0 aromatic carbocycles. The fourth-order valence-electron chi connectivity index (χ4n) is 1.21. The van der Waals surface area contributed by atoms with Gasteiger partial charge in [-0.1, -0.05) is 12.1 Å². The Labute approximate surface area is 64.8 Å². The van der Waals surface area contributed by atoms with Gasteiger partial charge >= 0.3 is 0 Å². The molecule has 0 aromatic rings. The highest BCUT2D eigenvalue weighted by molar-refractivity contribution is 6.08. The Bertz CT molecular complexity index is 315. The topological polar surface area (TPSA) is 26.3 Å². The molecule has 0 aliphatic heterocycles. The summed E-state index contributed by atoms with van der Waals surface area (Å²) >= 11 is 0. The highest BCUT2D eigenvalue weighted by atomic mass is 16.5.